The summed E-state index contributed by atoms with van der Waals surface area (Å²) < 4.78 is 4.79. The van der Waals surface area contributed by atoms with Gasteiger partial charge in [-0.3, -0.25) is 0 Å². The molecule has 2 aromatic heterocycles. The Kier molecular flexibility index (Phi) is 5.13. The van der Waals surface area contributed by atoms with Crippen LogP contribution in [0.5, 0.6) is 0 Å². The van der Waals surface area contributed by atoms with Crippen molar-refractivity contribution in [2.24, 2.45) is 0 Å². The monoisotopic (exact) mass is 550 g/mol. The molecule has 3 heterocycles. The SMILES string of the molecule is N#Cc1ccc2c(c1)c1ccccc1n2-c1ccccc1-c1ccc(C2CN2)c(-n2c3ccccc3c3ccccc32)c1. The molecular formula is C39H26N4. The van der Waals surface area contributed by atoms with Crippen molar-refractivity contribution in [3.8, 4) is 28.6 Å². The molecule has 202 valence electrons. The molecule has 1 N–H and O–H groups in total. The zero-order valence-corrected chi connectivity index (χ0v) is 23.3. The molecule has 0 radical (unpaired) electrons. The highest BCUT2D eigenvalue weighted by molar-refractivity contribution is 6.11. The minimum Gasteiger partial charge on any atom is -0.309 e. The molecule has 1 aliphatic rings. The Morgan fingerprint density at radius 1 is 0.558 bits per heavy atom. The first-order chi connectivity index (χ1) is 21.3. The highest BCUT2D eigenvalue weighted by Gasteiger charge is 2.27. The van der Waals surface area contributed by atoms with E-state index in [2.05, 4.69) is 142 Å². The third-order valence-electron chi connectivity index (χ3n) is 8.89. The van der Waals surface area contributed by atoms with E-state index < -0.39 is 0 Å². The Bertz CT molecular complexity index is 2380. The average molecular weight is 551 g/mol. The van der Waals surface area contributed by atoms with Crippen molar-refractivity contribution in [3.63, 3.8) is 0 Å². The first-order valence-corrected chi connectivity index (χ1v) is 14.7. The molecule has 0 saturated carbocycles. The Balaban J connectivity index is 1.33. The summed E-state index contributed by atoms with van der Waals surface area (Å²) in [6.07, 6.45) is 0. The Hall–Kier alpha value is -5.63. The van der Waals surface area contributed by atoms with Crippen molar-refractivity contribution >= 4 is 43.6 Å². The summed E-state index contributed by atoms with van der Waals surface area (Å²) in [7, 11) is 0. The minimum absolute atomic E-state index is 0.353. The van der Waals surface area contributed by atoms with Crippen LogP contribution in [0.1, 0.15) is 17.2 Å². The maximum atomic E-state index is 9.62. The van der Waals surface area contributed by atoms with Crippen LogP contribution in [-0.2, 0) is 0 Å². The van der Waals surface area contributed by atoms with Crippen LogP contribution in [0, 0.1) is 11.3 Å². The third kappa shape index (κ3) is 3.59. The first-order valence-electron chi connectivity index (χ1n) is 14.7. The van der Waals surface area contributed by atoms with Gasteiger partial charge in [-0.2, -0.15) is 5.26 Å². The molecule has 1 fully saturated rings. The maximum Gasteiger partial charge on any atom is 0.0991 e. The molecule has 0 aliphatic carbocycles. The number of nitrogens with zero attached hydrogens (tertiary/aromatic N) is 3. The van der Waals surface area contributed by atoms with Gasteiger partial charge in [0.1, 0.15) is 0 Å². The molecule has 1 saturated heterocycles. The summed E-state index contributed by atoms with van der Waals surface area (Å²) in [4.78, 5) is 0. The number of para-hydroxylation sites is 4. The fraction of sp³-hybridized carbons (Fsp3) is 0.0513. The molecule has 43 heavy (non-hydrogen) atoms. The van der Waals surface area contributed by atoms with Crippen LogP contribution in [-0.4, -0.2) is 15.7 Å². The fourth-order valence-electron chi connectivity index (χ4n) is 6.88. The van der Waals surface area contributed by atoms with Gasteiger partial charge in [0.15, 0.2) is 0 Å². The quantitative estimate of drug-likeness (QED) is 0.222. The van der Waals surface area contributed by atoms with Crippen LogP contribution in [0.25, 0.3) is 66.1 Å². The molecule has 0 bridgehead atoms. The van der Waals surface area contributed by atoms with Gasteiger partial charge in [0, 0.05) is 39.7 Å². The molecule has 8 aromatic rings. The normalized spacial score (nSPS) is 14.5. The van der Waals surface area contributed by atoms with E-state index in [-0.39, 0.29) is 0 Å². The molecule has 9 rings (SSSR count). The van der Waals surface area contributed by atoms with E-state index >= 15 is 0 Å². The van der Waals surface area contributed by atoms with Crippen LogP contribution < -0.4 is 5.32 Å². The first kappa shape index (κ1) is 24.0. The van der Waals surface area contributed by atoms with Gasteiger partial charge in [0.25, 0.3) is 0 Å². The summed E-state index contributed by atoms with van der Waals surface area (Å²) in [5.74, 6) is 0. The zero-order chi connectivity index (χ0) is 28.5. The standard InChI is InChI=1S/C39H26N4/c40-23-25-17-20-38-32(21-25)30-12-4-8-16-37(30)42(38)34-13-5-1-9-27(34)26-18-19-31(33-24-41-33)39(22-26)43-35-14-6-2-10-28(35)29-11-3-7-15-36(29)43/h1-22,33,41H,24H2. The number of nitrogens with one attached hydrogen (secondary N) is 1. The lowest BCUT2D eigenvalue weighted by molar-refractivity contribution is 1.03. The molecule has 1 atom stereocenters. The van der Waals surface area contributed by atoms with E-state index in [0.717, 1.165) is 45.2 Å². The summed E-state index contributed by atoms with van der Waals surface area (Å²) in [5, 5.41) is 17.9. The van der Waals surface area contributed by atoms with Crippen molar-refractivity contribution in [2.75, 3.05) is 6.54 Å². The molecule has 6 aromatic carbocycles. The Morgan fingerprint density at radius 2 is 1.12 bits per heavy atom. The van der Waals surface area contributed by atoms with Crippen molar-refractivity contribution < 1.29 is 0 Å². The molecular weight excluding hydrogens is 524 g/mol. The van der Waals surface area contributed by atoms with Gasteiger partial charge in [-0.1, -0.05) is 84.9 Å². The van der Waals surface area contributed by atoms with Crippen molar-refractivity contribution in [1.29, 1.82) is 5.26 Å². The Morgan fingerprint density at radius 3 is 1.77 bits per heavy atom. The van der Waals surface area contributed by atoms with Crippen LogP contribution in [0.2, 0.25) is 0 Å². The van der Waals surface area contributed by atoms with Crippen molar-refractivity contribution in [3.05, 3.63) is 145 Å². The number of hydrogen-bond acceptors (Lipinski definition) is 2. The van der Waals surface area contributed by atoms with Crippen LogP contribution in [0.3, 0.4) is 0 Å². The number of aromatic nitrogens is 2. The topological polar surface area (TPSA) is 55.6 Å². The zero-order valence-electron chi connectivity index (χ0n) is 23.3. The number of hydrogen-bond donors (Lipinski definition) is 1. The molecule has 1 aliphatic heterocycles. The lowest BCUT2D eigenvalue weighted by Gasteiger charge is -2.18. The smallest absolute Gasteiger partial charge is 0.0991 e. The predicted molar refractivity (Wildman–Crippen MR) is 176 cm³/mol. The van der Waals surface area contributed by atoms with E-state index in [1.54, 1.807) is 0 Å². The second kappa shape index (κ2) is 9.19. The highest BCUT2D eigenvalue weighted by Crippen LogP contribution is 2.40. The number of benzene rings is 6. The van der Waals surface area contributed by atoms with Gasteiger partial charge >= 0.3 is 0 Å². The second-order valence-electron chi connectivity index (χ2n) is 11.3. The van der Waals surface area contributed by atoms with Crippen LogP contribution in [0.4, 0.5) is 0 Å². The number of nitriles is 1. The number of fused-ring (bicyclic) bond motifs is 6. The van der Waals surface area contributed by atoms with Gasteiger partial charge < -0.3 is 14.5 Å². The summed E-state index contributed by atoms with van der Waals surface area (Å²) >= 11 is 0. The summed E-state index contributed by atoms with van der Waals surface area (Å²) in [6.45, 7) is 0.992. The lowest BCUT2D eigenvalue weighted by Crippen LogP contribution is -2.02. The largest absolute Gasteiger partial charge is 0.309 e. The highest BCUT2D eigenvalue weighted by atomic mass is 15.1. The molecule has 4 heteroatoms. The van der Waals surface area contributed by atoms with E-state index in [9.17, 15) is 5.26 Å². The molecule has 0 amide bonds. The number of rotatable bonds is 4. The van der Waals surface area contributed by atoms with Crippen LogP contribution >= 0.6 is 0 Å². The molecule has 1 unspecified atom stereocenters. The van der Waals surface area contributed by atoms with E-state index in [1.807, 2.05) is 12.1 Å². The average Bonchev–Trinajstić information content (AvgIpc) is 3.79. The van der Waals surface area contributed by atoms with Gasteiger partial charge in [-0.15, -0.1) is 0 Å². The Labute approximate surface area is 248 Å². The van der Waals surface area contributed by atoms with E-state index in [0.29, 0.717) is 11.6 Å². The van der Waals surface area contributed by atoms with Crippen molar-refractivity contribution in [1.82, 2.24) is 14.5 Å². The van der Waals surface area contributed by atoms with E-state index in [1.165, 1.54) is 33.1 Å². The van der Waals surface area contributed by atoms with Gasteiger partial charge in [0.05, 0.1) is 45.1 Å². The molecule has 0 spiro atoms. The van der Waals surface area contributed by atoms with Gasteiger partial charge in [0.2, 0.25) is 0 Å². The third-order valence-corrected chi connectivity index (χ3v) is 8.89. The van der Waals surface area contributed by atoms with E-state index in [4.69, 9.17) is 0 Å². The molecule has 4 nitrogen and oxygen atoms in total. The second-order valence-corrected chi connectivity index (χ2v) is 11.3. The maximum absolute atomic E-state index is 9.62. The summed E-state index contributed by atoms with van der Waals surface area (Å²) in [6, 6.07) is 50.2. The fourth-order valence-corrected chi connectivity index (χ4v) is 6.88. The predicted octanol–water partition coefficient (Wildman–Crippen LogP) is 9.06. The lowest BCUT2D eigenvalue weighted by atomic mass is 9.98. The minimum atomic E-state index is 0.353. The van der Waals surface area contributed by atoms with Crippen molar-refractivity contribution in [2.45, 2.75) is 6.04 Å². The van der Waals surface area contributed by atoms with Gasteiger partial charge in [-0.05, 0) is 59.7 Å². The summed E-state index contributed by atoms with van der Waals surface area (Å²) in [5.41, 5.74) is 11.3. The van der Waals surface area contributed by atoms with Crippen LogP contribution in [0.15, 0.2) is 133 Å². The van der Waals surface area contributed by atoms with Gasteiger partial charge in [-0.25, -0.2) is 0 Å².